The van der Waals surface area contributed by atoms with Gasteiger partial charge >= 0.3 is 0 Å². The molecule has 178 valence electrons. The van der Waals surface area contributed by atoms with Crippen molar-refractivity contribution in [1.29, 1.82) is 0 Å². The number of carbonyl (C=O) groups is 1. The summed E-state index contributed by atoms with van der Waals surface area (Å²) < 4.78 is 47.1. The average molecular weight is 476 g/mol. The molecule has 0 saturated carbocycles. The van der Waals surface area contributed by atoms with Gasteiger partial charge in [-0.25, -0.2) is 12.8 Å². The molecule has 4 rings (SSSR count). The van der Waals surface area contributed by atoms with Gasteiger partial charge in [0.05, 0.1) is 18.8 Å². The largest absolute Gasteiger partial charge is 0.485 e. The lowest BCUT2D eigenvalue weighted by molar-refractivity contribution is -0.136. The Morgan fingerprint density at radius 1 is 1.12 bits per heavy atom. The maximum atomic E-state index is 14.0. The number of benzene rings is 2. The Morgan fingerprint density at radius 3 is 2.48 bits per heavy atom. The molecule has 0 radical (unpaired) electrons. The molecule has 2 aliphatic heterocycles. The number of amides is 1. The van der Waals surface area contributed by atoms with Crippen LogP contribution >= 0.6 is 0 Å². The van der Waals surface area contributed by atoms with Crippen LogP contribution in [0.3, 0.4) is 0 Å². The monoisotopic (exact) mass is 475 g/mol. The van der Waals surface area contributed by atoms with Crippen molar-refractivity contribution in [3.05, 3.63) is 54.3 Å². The second-order valence-electron chi connectivity index (χ2n) is 8.57. The number of halogens is 1. The lowest BCUT2D eigenvalue weighted by Gasteiger charge is -2.38. The Morgan fingerprint density at radius 2 is 1.79 bits per heavy atom. The highest BCUT2D eigenvalue weighted by molar-refractivity contribution is 7.89. The Hall–Kier alpha value is -2.65. The number of anilines is 1. The van der Waals surface area contributed by atoms with Gasteiger partial charge in [0.15, 0.2) is 0 Å². The number of nitrogens with zero attached hydrogens (tertiary/aromatic N) is 3. The first-order valence-corrected chi connectivity index (χ1v) is 12.8. The normalized spacial score (nSPS) is 19.6. The Labute approximate surface area is 194 Å². The van der Waals surface area contributed by atoms with E-state index in [-0.39, 0.29) is 35.9 Å². The number of piperidine rings is 1. The molecular formula is C24H30FN3O4S. The lowest BCUT2D eigenvalue weighted by atomic mass is 9.96. The van der Waals surface area contributed by atoms with E-state index in [4.69, 9.17) is 4.74 Å². The predicted molar refractivity (Wildman–Crippen MR) is 124 cm³/mol. The molecular weight excluding hydrogens is 445 g/mol. The fraction of sp³-hybridized carbons (Fsp3) is 0.458. The van der Waals surface area contributed by atoms with Crippen molar-refractivity contribution >= 4 is 21.6 Å². The minimum Gasteiger partial charge on any atom is -0.485 e. The van der Waals surface area contributed by atoms with Gasteiger partial charge in [-0.2, -0.15) is 4.31 Å². The highest BCUT2D eigenvalue weighted by atomic mass is 32.2. The van der Waals surface area contributed by atoms with Crippen LogP contribution in [0.15, 0.2) is 53.4 Å². The Bertz CT molecular complexity index is 1100. The molecule has 2 aromatic carbocycles. The summed E-state index contributed by atoms with van der Waals surface area (Å²) in [5.74, 6) is -0.211. The molecule has 9 heteroatoms. The van der Waals surface area contributed by atoms with Crippen molar-refractivity contribution < 1.29 is 22.3 Å². The van der Waals surface area contributed by atoms with Crippen molar-refractivity contribution in [2.45, 2.75) is 30.8 Å². The molecule has 0 spiro atoms. The summed E-state index contributed by atoms with van der Waals surface area (Å²) in [6.45, 7) is 4.48. The van der Waals surface area contributed by atoms with Gasteiger partial charge in [-0.1, -0.05) is 24.3 Å². The second-order valence-corrected chi connectivity index (χ2v) is 10.5. The van der Waals surface area contributed by atoms with Gasteiger partial charge in [0.25, 0.3) is 0 Å². The fourth-order valence-electron chi connectivity index (χ4n) is 4.62. The van der Waals surface area contributed by atoms with Crippen molar-refractivity contribution in [1.82, 2.24) is 9.21 Å². The van der Waals surface area contributed by atoms with Gasteiger partial charge in [0.2, 0.25) is 15.9 Å². The highest BCUT2D eigenvalue weighted by Crippen LogP contribution is 2.33. The van der Waals surface area contributed by atoms with Crippen molar-refractivity contribution in [3.63, 3.8) is 0 Å². The van der Waals surface area contributed by atoms with Gasteiger partial charge in [-0.15, -0.1) is 0 Å². The molecule has 1 unspecified atom stereocenters. The third-order valence-electron chi connectivity index (χ3n) is 6.42. The average Bonchev–Trinajstić information content (AvgIpc) is 2.83. The minimum atomic E-state index is -3.91. The highest BCUT2D eigenvalue weighted by Gasteiger charge is 2.35. The molecule has 2 heterocycles. The van der Waals surface area contributed by atoms with Crippen molar-refractivity contribution in [2.75, 3.05) is 44.7 Å². The molecule has 1 saturated heterocycles. The van der Waals surface area contributed by atoms with Gasteiger partial charge in [0.1, 0.15) is 22.6 Å². The summed E-state index contributed by atoms with van der Waals surface area (Å²) >= 11 is 0. The van der Waals surface area contributed by atoms with Crippen molar-refractivity contribution in [2.24, 2.45) is 5.92 Å². The standard InChI is InChI=1S/C24H30FN3O4S/c1-3-27-17-19(32-22-10-6-5-9-21(22)27)16-26(2)24(29)18-12-14-28(15-13-18)33(30,31)23-11-7-4-8-20(23)25/h4-11,18-19H,3,12-17H2,1-2H3. The number of fused-ring (bicyclic) bond motifs is 1. The van der Waals surface area contributed by atoms with Gasteiger partial charge in [-0.3, -0.25) is 4.79 Å². The van der Waals surface area contributed by atoms with Crippen LogP contribution in [0.1, 0.15) is 19.8 Å². The Kier molecular flexibility index (Phi) is 6.90. The summed E-state index contributed by atoms with van der Waals surface area (Å²) in [6, 6.07) is 13.3. The van der Waals surface area contributed by atoms with E-state index in [0.29, 0.717) is 25.9 Å². The zero-order valence-electron chi connectivity index (χ0n) is 19.0. The number of hydrogen-bond acceptors (Lipinski definition) is 5. The van der Waals surface area contributed by atoms with E-state index < -0.39 is 15.8 Å². The molecule has 0 aliphatic carbocycles. The van der Waals surface area contributed by atoms with Crippen LogP contribution in [0, 0.1) is 11.7 Å². The van der Waals surface area contributed by atoms with Gasteiger partial charge in [0, 0.05) is 32.6 Å². The van der Waals surface area contributed by atoms with Crippen molar-refractivity contribution in [3.8, 4) is 5.75 Å². The topological polar surface area (TPSA) is 70.2 Å². The third kappa shape index (κ3) is 4.84. The minimum absolute atomic E-state index is 0.0107. The van der Waals surface area contributed by atoms with Crippen LogP contribution in [0.25, 0.3) is 0 Å². The quantitative estimate of drug-likeness (QED) is 0.643. The molecule has 1 fully saturated rings. The zero-order valence-corrected chi connectivity index (χ0v) is 19.8. The number of likely N-dealkylation sites (N-methyl/N-ethyl adjacent to an activating group) is 2. The molecule has 7 nitrogen and oxygen atoms in total. The van der Waals surface area contributed by atoms with Gasteiger partial charge in [-0.05, 0) is 44.0 Å². The molecule has 2 aliphatic rings. The lowest BCUT2D eigenvalue weighted by Crippen LogP contribution is -2.49. The Balaban J connectivity index is 1.35. The number of hydrogen-bond donors (Lipinski definition) is 0. The van der Waals surface area contributed by atoms with Crippen LogP contribution < -0.4 is 9.64 Å². The van der Waals surface area contributed by atoms with Crippen LogP contribution in [0.4, 0.5) is 10.1 Å². The number of carbonyl (C=O) groups excluding carboxylic acids is 1. The van der Waals surface area contributed by atoms with E-state index >= 15 is 0 Å². The maximum absolute atomic E-state index is 14.0. The van der Waals surface area contributed by atoms with Crippen LogP contribution in [-0.4, -0.2) is 69.4 Å². The third-order valence-corrected chi connectivity index (χ3v) is 8.35. The van der Waals surface area contributed by atoms with E-state index in [1.165, 1.54) is 22.5 Å². The van der Waals surface area contributed by atoms with E-state index in [2.05, 4.69) is 11.8 Å². The molecule has 0 bridgehead atoms. The smallest absolute Gasteiger partial charge is 0.245 e. The second kappa shape index (κ2) is 9.69. The number of para-hydroxylation sites is 2. The van der Waals surface area contributed by atoms with Crippen LogP contribution in [-0.2, 0) is 14.8 Å². The summed E-state index contributed by atoms with van der Waals surface area (Å²) in [6.07, 6.45) is 0.675. The first-order valence-electron chi connectivity index (χ1n) is 11.3. The first kappa shape index (κ1) is 23.5. The van der Waals surface area contributed by atoms with E-state index in [1.54, 1.807) is 11.9 Å². The zero-order chi connectivity index (χ0) is 23.6. The summed E-state index contributed by atoms with van der Waals surface area (Å²) in [5.41, 5.74) is 1.06. The summed E-state index contributed by atoms with van der Waals surface area (Å²) in [5, 5.41) is 0. The maximum Gasteiger partial charge on any atom is 0.245 e. The van der Waals surface area contributed by atoms with Crippen LogP contribution in [0.2, 0.25) is 0 Å². The fourth-order valence-corrected chi connectivity index (χ4v) is 6.15. The molecule has 1 atom stereocenters. The predicted octanol–water partition coefficient (Wildman–Crippen LogP) is 2.97. The van der Waals surface area contributed by atoms with Gasteiger partial charge < -0.3 is 14.5 Å². The summed E-state index contributed by atoms with van der Waals surface area (Å²) in [4.78, 5) is 16.7. The SMILES string of the molecule is CCN1CC(CN(C)C(=O)C2CCN(S(=O)(=O)c3ccccc3F)CC2)Oc2ccccc21. The molecule has 2 aromatic rings. The van der Waals surface area contributed by atoms with E-state index in [1.807, 2.05) is 24.3 Å². The molecule has 1 amide bonds. The first-order chi connectivity index (χ1) is 15.8. The molecule has 33 heavy (non-hydrogen) atoms. The number of ether oxygens (including phenoxy) is 1. The number of sulfonamides is 1. The summed E-state index contributed by atoms with van der Waals surface area (Å²) in [7, 11) is -2.15. The molecule has 0 N–H and O–H groups in total. The number of rotatable bonds is 6. The van der Waals surface area contributed by atoms with E-state index in [9.17, 15) is 17.6 Å². The van der Waals surface area contributed by atoms with E-state index in [0.717, 1.165) is 24.0 Å². The molecule has 0 aromatic heterocycles. The van der Waals surface area contributed by atoms with Crippen LogP contribution in [0.5, 0.6) is 5.75 Å².